The van der Waals surface area contributed by atoms with Crippen molar-refractivity contribution in [2.24, 2.45) is 5.92 Å². The molecule has 2 amide bonds. The molecule has 6 heteroatoms. The van der Waals surface area contributed by atoms with Gasteiger partial charge in [0, 0.05) is 38.7 Å². The normalized spacial score (nSPS) is 23.2. The maximum absolute atomic E-state index is 13.1. The SMILES string of the molecule is O=C(c1ccccc1OCC1CCCO1)N1CCN(C(=O)C2CCCC2)CC1. The minimum absolute atomic E-state index is 0.0177. The number of piperazine rings is 1. The third kappa shape index (κ3) is 4.32. The molecule has 0 aromatic heterocycles. The molecule has 1 atom stereocenters. The number of rotatable bonds is 5. The molecule has 152 valence electrons. The first kappa shape index (κ1) is 19.2. The van der Waals surface area contributed by atoms with Crippen LogP contribution in [0.2, 0.25) is 0 Å². The summed E-state index contributed by atoms with van der Waals surface area (Å²) >= 11 is 0. The molecule has 1 saturated carbocycles. The number of nitrogens with zero attached hydrogens (tertiary/aromatic N) is 2. The number of hydrogen-bond donors (Lipinski definition) is 0. The predicted molar refractivity (Wildman–Crippen MR) is 105 cm³/mol. The highest BCUT2D eigenvalue weighted by atomic mass is 16.5. The van der Waals surface area contributed by atoms with Gasteiger partial charge in [-0.2, -0.15) is 0 Å². The molecule has 2 aliphatic heterocycles. The average molecular weight is 386 g/mol. The van der Waals surface area contributed by atoms with Gasteiger partial charge in [0.1, 0.15) is 12.4 Å². The number of benzene rings is 1. The van der Waals surface area contributed by atoms with Gasteiger partial charge >= 0.3 is 0 Å². The topological polar surface area (TPSA) is 59.1 Å². The molecule has 2 heterocycles. The second-order valence-electron chi connectivity index (χ2n) is 8.04. The second kappa shape index (κ2) is 8.95. The standard InChI is InChI=1S/C22H30N2O4/c25-21(17-6-1-2-7-17)23-11-13-24(14-12-23)22(26)19-9-3-4-10-20(19)28-16-18-8-5-15-27-18/h3-4,9-10,17-18H,1-2,5-8,11-16H2. The molecule has 3 fully saturated rings. The summed E-state index contributed by atoms with van der Waals surface area (Å²) in [7, 11) is 0. The lowest BCUT2D eigenvalue weighted by molar-refractivity contribution is -0.136. The van der Waals surface area contributed by atoms with Crippen LogP contribution in [0, 0.1) is 5.92 Å². The molecule has 1 aliphatic carbocycles. The van der Waals surface area contributed by atoms with Crippen molar-refractivity contribution in [1.82, 2.24) is 9.80 Å². The van der Waals surface area contributed by atoms with Crippen LogP contribution in [0.4, 0.5) is 0 Å². The third-order valence-electron chi connectivity index (χ3n) is 6.15. The summed E-state index contributed by atoms with van der Waals surface area (Å²) in [5, 5.41) is 0. The van der Waals surface area contributed by atoms with Gasteiger partial charge in [-0.25, -0.2) is 0 Å². The lowest BCUT2D eigenvalue weighted by Crippen LogP contribution is -2.51. The summed E-state index contributed by atoms with van der Waals surface area (Å²) in [6.45, 7) is 3.68. The number of carbonyl (C=O) groups is 2. The van der Waals surface area contributed by atoms with Gasteiger partial charge in [-0.1, -0.05) is 25.0 Å². The molecule has 1 aromatic carbocycles. The second-order valence-corrected chi connectivity index (χ2v) is 8.04. The molecule has 1 unspecified atom stereocenters. The summed E-state index contributed by atoms with van der Waals surface area (Å²) in [4.78, 5) is 29.4. The van der Waals surface area contributed by atoms with Crippen molar-refractivity contribution in [1.29, 1.82) is 0 Å². The van der Waals surface area contributed by atoms with Gasteiger partial charge in [-0.3, -0.25) is 9.59 Å². The van der Waals surface area contributed by atoms with E-state index in [1.165, 1.54) is 0 Å². The van der Waals surface area contributed by atoms with E-state index in [4.69, 9.17) is 9.47 Å². The van der Waals surface area contributed by atoms with Gasteiger partial charge in [0.15, 0.2) is 0 Å². The lowest BCUT2D eigenvalue weighted by Gasteiger charge is -2.36. The fourth-order valence-corrected chi connectivity index (χ4v) is 4.46. The average Bonchev–Trinajstić information content (AvgIpc) is 3.46. The minimum Gasteiger partial charge on any atom is -0.490 e. The third-order valence-corrected chi connectivity index (χ3v) is 6.15. The molecule has 6 nitrogen and oxygen atoms in total. The predicted octanol–water partition coefficient (Wildman–Crippen LogP) is 2.72. The Morgan fingerprint density at radius 1 is 0.964 bits per heavy atom. The number of carbonyl (C=O) groups excluding carboxylic acids is 2. The Balaban J connectivity index is 1.34. The summed E-state index contributed by atoms with van der Waals surface area (Å²) in [5.74, 6) is 1.09. The largest absolute Gasteiger partial charge is 0.490 e. The van der Waals surface area contributed by atoms with Crippen molar-refractivity contribution in [3.8, 4) is 5.75 Å². The van der Waals surface area contributed by atoms with Crippen molar-refractivity contribution in [3.63, 3.8) is 0 Å². The van der Waals surface area contributed by atoms with Gasteiger partial charge < -0.3 is 19.3 Å². The molecular formula is C22H30N2O4. The Hall–Kier alpha value is -2.08. The monoisotopic (exact) mass is 386 g/mol. The molecule has 0 spiro atoms. The molecule has 1 aromatic rings. The Bertz CT molecular complexity index is 688. The summed E-state index contributed by atoms with van der Waals surface area (Å²) in [6.07, 6.45) is 6.56. The van der Waals surface area contributed by atoms with E-state index in [1.54, 1.807) is 0 Å². The molecule has 28 heavy (non-hydrogen) atoms. The first-order valence-corrected chi connectivity index (χ1v) is 10.6. The number of amides is 2. The van der Waals surface area contributed by atoms with E-state index in [9.17, 15) is 9.59 Å². The van der Waals surface area contributed by atoms with Gasteiger partial charge in [0.2, 0.25) is 5.91 Å². The van der Waals surface area contributed by atoms with E-state index in [0.29, 0.717) is 44.1 Å². The Labute approximate surface area is 166 Å². The molecule has 2 saturated heterocycles. The van der Waals surface area contributed by atoms with E-state index in [2.05, 4.69) is 0 Å². The van der Waals surface area contributed by atoms with E-state index >= 15 is 0 Å². The minimum atomic E-state index is -0.0177. The van der Waals surface area contributed by atoms with Crippen molar-refractivity contribution < 1.29 is 19.1 Å². The zero-order chi connectivity index (χ0) is 19.3. The highest BCUT2D eigenvalue weighted by Gasteiger charge is 2.31. The Kier molecular flexibility index (Phi) is 6.15. The molecule has 0 N–H and O–H groups in total. The Morgan fingerprint density at radius 2 is 1.68 bits per heavy atom. The number of ether oxygens (including phenoxy) is 2. The van der Waals surface area contributed by atoms with E-state index in [1.807, 2.05) is 34.1 Å². The molecule has 4 rings (SSSR count). The fourth-order valence-electron chi connectivity index (χ4n) is 4.46. The van der Waals surface area contributed by atoms with Crippen molar-refractivity contribution in [3.05, 3.63) is 29.8 Å². The van der Waals surface area contributed by atoms with E-state index < -0.39 is 0 Å². The van der Waals surface area contributed by atoms with Crippen LogP contribution >= 0.6 is 0 Å². The van der Waals surface area contributed by atoms with Crippen LogP contribution in [0.5, 0.6) is 5.75 Å². The maximum Gasteiger partial charge on any atom is 0.257 e. The van der Waals surface area contributed by atoms with Crippen LogP contribution in [0.3, 0.4) is 0 Å². The number of hydrogen-bond acceptors (Lipinski definition) is 4. The van der Waals surface area contributed by atoms with Crippen LogP contribution in [-0.2, 0) is 9.53 Å². The molecule has 0 radical (unpaired) electrons. The zero-order valence-corrected chi connectivity index (χ0v) is 16.5. The highest BCUT2D eigenvalue weighted by Crippen LogP contribution is 2.27. The van der Waals surface area contributed by atoms with Crippen LogP contribution in [-0.4, -0.2) is 67.1 Å². The van der Waals surface area contributed by atoms with E-state index in [0.717, 1.165) is 45.1 Å². The molecular weight excluding hydrogens is 356 g/mol. The molecule has 3 aliphatic rings. The quantitative estimate of drug-likeness (QED) is 0.781. The van der Waals surface area contributed by atoms with Gasteiger partial charge in [-0.05, 0) is 37.8 Å². The summed E-state index contributed by atoms with van der Waals surface area (Å²) in [5.41, 5.74) is 0.594. The van der Waals surface area contributed by atoms with Gasteiger partial charge in [0.25, 0.3) is 5.91 Å². The Morgan fingerprint density at radius 3 is 2.39 bits per heavy atom. The van der Waals surface area contributed by atoms with Gasteiger partial charge in [0.05, 0.1) is 11.7 Å². The van der Waals surface area contributed by atoms with Crippen molar-refractivity contribution >= 4 is 11.8 Å². The highest BCUT2D eigenvalue weighted by molar-refractivity contribution is 5.97. The van der Waals surface area contributed by atoms with Crippen LogP contribution in [0.25, 0.3) is 0 Å². The zero-order valence-electron chi connectivity index (χ0n) is 16.5. The van der Waals surface area contributed by atoms with Gasteiger partial charge in [-0.15, -0.1) is 0 Å². The summed E-state index contributed by atoms with van der Waals surface area (Å²) < 4.78 is 11.5. The van der Waals surface area contributed by atoms with Crippen LogP contribution < -0.4 is 4.74 Å². The van der Waals surface area contributed by atoms with Crippen LogP contribution in [0.1, 0.15) is 48.9 Å². The molecule has 0 bridgehead atoms. The van der Waals surface area contributed by atoms with Crippen molar-refractivity contribution in [2.75, 3.05) is 39.4 Å². The first-order chi connectivity index (χ1) is 13.7. The van der Waals surface area contributed by atoms with E-state index in [-0.39, 0.29) is 23.8 Å². The number of para-hydroxylation sites is 1. The first-order valence-electron chi connectivity index (χ1n) is 10.6. The lowest BCUT2D eigenvalue weighted by atomic mass is 10.1. The fraction of sp³-hybridized carbons (Fsp3) is 0.636. The van der Waals surface area contributed by atoms with Crippen LogP contribution in [0.15, 0.2) is 24.3 Å². The maximum atomic E-state index is 13.1. The van der Waals surface area contributed by atoms with Crippen molar-refractivity contribution in [2.45, 2.75) is 44.6 Å². The smallest absolute Gasteiger partial charge is 0.257 e. The summed E-state index contributed by atoms with van der Waals surface area (Å²) in [6, 6.07) is 7.43.